The fraction of sp³-hybridized carbons (Fsp3) is 0.647. The number of rotatable bonds is 8. The van der Waals surface area contributed by atoms with Crippen LogP contribution in [-0.2, 0) is 11.3 Å². The van der Waals surface area contributed by atoms with E-state index in [4.69, 9.17) is 14.2 Å². The number of nitrogens with zero attached hydrogens (tertiary/aromatic N) is 1. The Morgan fingerprint density at radius 2 is 2.10 bits per heavy atom. The molecule has 2 rings (SSSR count). The smallest absolute Gasteiger partial charge is 0.161 e. The Kier molecular flexibility index (Phi) is 6.33. The van der Waals surface area contributed by atoms with Crippen LogP contribution < -0.4 is 9.47 Å². The Morgan fingerprint density at radius 3 is 2.76 bits per heavy atom. The lowest BCUT2D eigenvalue weighted by atomic mass is 10.2. The predicted octanol–water partition coefficient (Wildman–Crippen LogP) is 3.09. The molecule has 0 N–H and O–H groups in total. The fourth-order valence-electron chi connectivity index (χ4n) is 2.87. The molecular weight excluding hydrogens is 266 g/mol. The Balaban J connectivity index is 1.82. The highest BCUT2D eigenvalue weighted by Gasteiger charge is 2.19. The standard InChI is InChI=1S/C17H27NO3/c1-14-6-4-9-18(14)10-5-11-21-17-12-15(13-19-2)7-8-16(17)20-3/h7-8,12,14H,4-6,9-11,13H2,1-3H3. The highest BCUT2D eigenvalue weighted by molar-refractivity contribution is 5.42. The molecule has 0 amide bonds. The van der Waals surface area contributed by atoms with Crippen LogP contribution in [0, 0.1) is 0 Å². The number of methoxy groups -OCH3 is 2. The van der Waals surface area contributed by atoms with E-state index in [0.29, 0.717) is 6.61 Å². The number of benzene rings is 1. The summed E-state index contributed by atoms with van der Waals surface area (Å²) in [7, 11) is 3.37. The van der Waals surface area contributed by atoms with Crippen molar-refractivity contribution in [3.63, 3.8) is 0 Å². The third-order valence-electron chi connectivity index (χ3n) is 4.08. The van der Waals surface area contributed by atoms with E-state index in [2.05, 4.69) is 11.8 Å². The first-order valence-electron chi connectivity index (χ1n) is 7.77. The average Bonchev–Trinajstić information content (AvgIpc) is 2.90. The molecule has 4 heteroatoms. The van der Waals surface area contributed by atoms with Crippen molar-refractivity contribution in [3.8, 4) is 11.5 Å². The van der Waals surface area contributed by atoms with Gasteiger partial charge in [0.25, 0.3) is 0 Å². The van der Waals surface area contributed by atoms with Gasteiger partial charge < -0.3 is 19.1 Å². The molecule has 4 nitrogen and oxygen atoms in total. The predicted molar refractivity (Wildman–Crippen MR) is 84.1 cm³/mol. The van der Waals surface area contributed by atoms with E-state index >= 15 is 0 Å². The summed E-state index contributed by atoms with van der Waals surface area (Å²) < 4.78 is 16.4. The van der Waals surface area contributed by atoms with Crippen molar-refractivity contribution >= 4 is 0 Å². The lowest BCUT2D eigenvalue weighted by Gasteiger charge is -2.20. The Hall–Kier alpha value is -1.26. The number of hydrogen-bond acceptors (Lipinski definition) is 4. The maximum atomic E-state index is 5.90. The monoisotopic (exact) mass is 293 g/mol. The van der Waals surface area contributed by atoms with Crippen molar-refractivity contribution in [1.82, 2.24) is 4.90 Å². The van der Waals surface area contributed by atoms with Crippen molar-refractivity contribution in [2.24, 2.45) is 0 Å². The lowest BCUT2D eigenvalue weighted by Crippen LogP contribution is -2.28. The minimum atomic E-state index is 0.589. The van der Waals surface area contributed by atoms with Crippen LogP contribution in [0.3, 0.4) is 0 Å². The average molecular weight is 293 g/mol. The van der Waals surface area contributed by atoms with Crippen LogP contribution in [0.4, 0.5) is 0 Å². The van der Waals surface area contributed by atoms with Crippen molar-refractivity contribution in [2.75, 3.05) is 33.9 Å². The normalized spacial score (nSPS) is 18.9. The van der Waals surface area contributed by atoms with Gasteiger partial charge >= 0.3 is 0 Å². The molecule has 1 aliphatic rings. The molecule has 21 heavy (non-hydrogen) atoms. The molecule has 0 spiro atoms. The molecule has 0 aliphatic carbocycles. The van der Waals surface area contributed by atoms with Gasteiger partial charge in [-0.2, -0.15) is 0 Å². The third kappa shape index (κ3) is 4.61. The van der Waals surface area contributed by atoms with Gasteiger partial charge in [-0.15, -0.1) is 0 Å². The molecule has 118 valence electrons. The molecule has 1 aromatic rings. The summed E-state index contributed by atoms with van der Waals surface area (Å²) >= 11 is 0. The van der Waals surface area contributed by atoms with Gasteiger partial charge in [0.1, 0.15) is 0 Å². The first kappa shape index (κ1) is 16.1. The second-order valence-electron chi connectivity index (χ2n) is 5.65. The second kappa shape index (κ2) is 8.25. The zero-order valence-corrected chi connectivity index (χ0v) is 13.4. The van der Waals surface area contributed by atoms with E-state index in [0.717, 1.165) is 42.7 Å². The lowest BCUT2D eigenvalue weighted by molar-refractivity contribution is 0.184. The highest BCUT2D eigenvalue weighted by atomic mass is 16.5. The van der Waals surface area contributed by atoms with Gasteiger partial charge in [0.15, 0.2) is 11.5 Å². The summed E-state index contributed by atoms with van der Waals surface area (Å²) in [4.78, 5) is 2.54. The first-order chi connectivity index (χ1) is 10.2. The SMILES string of the molecule is COCc1ccc(OC)c(OCCCN2CCCC2C)c1. The molecule has 1 saturated heterocycles. The molecule has 0 radical (unpaired) electrons. The summed E-state index contributed by atoms with van der Waals surface area (Å²) in [6.45, 7) is 5.96. The van der Waals surface area contributed by atoms with Gasteiger partial charge in [-0.05, 0) is 50.4 Å². The van der Waals surface area contributed by atoms with Gasteiger partial charge in [-0.3, -0.25) is 0 Å². The molecule has 1 aromatic carbocycles. The Morgan fingerprint density at radius 1 is 1.24 bits per heavy atom. The number of hydrogen-bond donors (Lipinski definition) is 0. The second-order valence-corrected chi connectivity index (χ2v) is 5.65. The van der Waals surface area contributed by atoms with E-state index in [1.165, 1.54) is 19.4 Å². The van der Waals surface area contributed by atoms with Gasteiger partial charge in [0.05, 0.1) is 20.3 Å². The van der Waals surface area contributed by atoms with Gasteiger partial charge in [-0.1, -0.05) is 6.07 Å². The van der Waals surface area contributed by atoms with E-state index in [1.54, 1.807) is 14.2 Å². The van der Waals surface area contributed by atoms with Gasteiger partial charge in [0, 0.05) is 19.7 Å². The quantitative estimate of drug-likeness (QED) is 0.689. The highest BCUT2D eigenvalue weighted by Crippen LogP contribution is 2.28. The summed E-state index contributed by atoms with van der Waals surface area (Å²) in [6.07, 6.45) is 3.70. The van der Waals surface area contributed by atoms with Crippen LogP contribution >= 0.6 is 0 Å². The maximum absolute atomic E-state index is 5.90. The molecule has 1 aliphatic heterocycles. The molecule has 1 heterocycles. The van der Waals surface area contributed by atoms with Crippen LogP contribution in [0.25, 0.3) is 0 Å². The van der Waals surface area contributed by atoms with Gasteiger partial charge in [-0.25, -0.2) is 0 Å². The molecule has 1 unspecified atom stereocenters. The van der Waals surface area contributed by atoms with Crippen LogP contribution in [0.1, 0.15) is 31.7 Å². The number of ether oxygens (including phenoxy) is 3. The molecule has 0 aromatic heterocycles. The zero-order valence-electron chi connectivity index (χ0n) is 13.4. The fourth-order valence-corrected chi connectivity index (χ4v) is 2.87. The van der Waals surface area contributed by atoms with E-state index in [9.17, 15) is 0 Å². The molecule has 0 bridgehead atoms. The molecule has 1 atom stereocenters. The van der Waals surface area contributed by atoms with Crippen molar-refractivity contribution in [2.45, 2.75) is 38.8 Å². The summed E-state index contributed by atoms with van der Waals surface area (Å²) in [6, 6.07) is 6.67. The van der Waals surface area contributed by atoms with Crippen LogP contribution in [-0.4, -0.2) is 44.9 Å². The van der Waals surface area contributed by atoms with Crippen LogP contribution in [0.15, 0.2) is 18.2 Å². The van der Waals surface area contributed by atoms with E-state index in [-0.39, 0.29) is 0 Å². The zero-order chi connectivity index (χ0) is 15.1. The third-order valence-corrected chi connectivity index (χ3v) is 4.08. The molecule has 0 saturated carbocycles. The summed E-state index contributed by atoms with van der Waals surface area (Å²) in [5.41, 5.74) is 1.10. The van der Waals surface area contributed by atoms with Crippen molar-refractivity contribution in [3.05, 3.63) is 23.8 Å². The van der Waals surface area contributed by atoms with Crippen molar-refractivity contribution in [1.29, 1.82) is 0 Å². The summed E-state index contributed by atoms with van der Waals surface area (Å²) in [5, 5.41) is 0. The van der Waals surface area contributed by atoms with Crippen LogP contribution in [0.2, 0.25) is 0 Å². The van der Waals surface area contributed by atoms with Gasteiger partial charge in [0.2, 0.25) is 0 Å². The summed E-state index contributed by atoms with van der Waals surface area (Å²) in [5.74, 6) is 1.59. The minimum Gasteiger partial charge on any atom is -0.493 e. The van der Waals surface area contributed by atoms with Crippen molar-refractivity contribution < 1.29 is 14.2 Å². The van der Waals surface area contributed by atoms with E-state index in [1.807, 2.05) is 18.2 Å². The maximum Gasteiger partial charge on any atom is 0.161 e. The topological polar surface area (TPSA) is 30.9 Å². The largest absolute Gasteiger partial charge is 0.493 e. The molecule has 1 fully saturated rings. The Bertz CT molecular complexity index is 436. The van der Waals surface area contributed by atoms with E-state index < -0.39 is 0 Å². The number of likely N-dealkylation sites (tertiary alicyclic amines) is 1. The molecular formula is C17H27NO3. The van der Waals surface area contributed by atoms with Crippen LogP contribution in [0.5, 0.6) is 11.5 Å². The first-order valence-corrected chi connectivity index (χ1v) is 7.77. The minimum absolute atomic E-state index is 0.589. The Labute approximate surface area is 128 Å².